The number of ether oxygens (including phenoxy) is 1. The number of amides is 1. The molecule has 1 aromatic rings. The molecule has 1 fully saturated rings. The van der Waals surface area contributed by atoms with Gasteiger partial charge in [0.25, 0.3) is 5.91 Å². The van der Waals surface area contributed by atoms with E-state index in [-0.39, 0.29) is 10.8 Å². The highest BCUT2D eigenvalue weighted by atomic mass is 32.2. The Hall–Kier alpha value is -1.56. The molecule has 18 heavy (non-hydrogen) atoms. The van der Waals surface area contributed by atoms with Crippen LogP contribution in [0, 0.1) is 6.92 Å². The molecule has 0 bridgehead atoms. The summed E-state index contributed by atoms with van der Waals surface area (Å²) in [4.78, 5) is 12.0. The van der Waals surface area contributed by atoms with Crippen molar-refractivity contribution in [3.8, 4) is 5.75 Å². The molecule has 1 aliphatic heterocycles. The normalized spacial score (nSPS) is 20.0. The first kappa shape index (κ1) is 11.5. The zero-order valence-corrected chi connectivity index (χ0v) is 10.9. The van der Waals surface area contributed by atoms with Gasteiger partial charge < -0.3 is 10.1 Å². The first-order valence-electron chi connectivity index (χ1n) is 5.67. The minimum atomic E-state index is -3.30. The van der Waals surface area contributed by atoms with E-state index < -0.39 is 15.4 Å². The summed E-state index contributed by atoms with van der Waals surface area (Å²) in [7, 11) is -3.30. The van der Waals surface area contributed by atoms with Crippen molar-refractivity contribution in [2.45, 2.75) is 30.3 Å². The van der Waals surface area contributed by atoms with E-state index in [0.717, 1.165) is 11.8 Å². The molecule has 1 aromatic carbocycles. The third-order valence-electron chi connectivity index (χ3n) is 3.34. The standard InChI is InChI=1S/C12H13NO4S/c1-7-5-8(18(2,15)16)6-9-10(7)17-12(3-4-12)11(14)13-9/h5-6H,3-4H2,1-2H3,(H,13,14). The number of sulfone groups is 1. The van der Waals surface area contributed by atoms with Gasteiger partial charge in [0.05, 0.1) is 10.6 Å². The molecule has 0 unspecified atom stereocenters. The van der Waals surface area contributed by atoms with E-state index in [1.807, 2.05) is 0 Å². The van der Waals surface area contributed by atoms with Gasteiger partial charge in [0, 0.05) is 19.1 Å². The fourth-order valence-corrected chi connectivity index (χ4v) is 2.83. The summed E-state index contributed by atoms with van der Waals surface area (Å²) in [6.07, 6.45) is 2.57. The van der Waals surface area contributed by atoms with E-state index in [2.05, 4.69) is 5.32 Å². The van der Waals surface area contributed by atoms with Crippen LogP contribution in [0.2, 0.25) is 0 Å². The number of benzene rings is 1. The Bertz CT molecular complexity index is 659. The van der Waals surface area contributed by atoms with Crippen molar-refractivity contribution in [1.82, 2.24) is 0 Å². The van der Waals surface area contributed by atoms with Crippen LogP contribution >= 0.6 is 0 Å². The topological polar surface area (TPSA) is 72.5 Å². The first-order valence-corrected chi connectivity index (χ1v) is 7.56. The van der Waals surface area contributed by atoms with Crippen LogP contribution in [0.25, 0.3) is 0 Å². The van der Waals surface area contributed by atoms with E-state index in [1.54, 1.807) is 13.0 Å². The third kappa shape index (κ3) is 1.59. The van der Waals surface area contributed by atoms with Crippen LogP contribution in [0.4, 0.5) is 5.69 Å². The van der Waals surface area contributed by atoms with Crippen molar-refractivity contribution >= 4 is 21.4 Å². The molecule has 6 heteroatoms. The van der Waals surface area contributed by atoms with Crippen LogP contribution in [0.15, 0.2) is 17.0 Å². The lowest BCUT2D eigenvalue weighted by atomic mass is 10.1. The maximum atomic E-state index is 11.8. The highest BCUT2D eigenvalue weighted by Crippen LogP contribution is 2.48. The molecule has 96 valence electrons. The van der Waals surface area contributed by atoms with Gasteiger partial charge in [-0.05, 0) is 24.6 Å². The number of carbonyl (C=O) groups is 1. The molecule has 1 saturated carbocycles. The summed E-state index contributed by atoms with van der Waals surface area (Å²) in [5.41, 5.74) is 0.460. The molecule has 1 heterocycles. The minimum Gasteiger partial charge on any atom is -0.475 e. The zero-order chi connectivity index (χ0) is 13.1. The molecule has 0 atom stereocenters. The Labute approximate surface area is 105 Å². The highest BCUT2D eigenvalue weighted by Gasteiger charge is 2.55. The summed E-state index contributed by atoms with van der Waals surface area (Å²) in [6.45, 7) is 1.78. The largest absolute Gasteiger partial charge is 0.475 e. The zero-order valence-electron chi connectivity index (χ0n) is 10.1. The third-order valence-corrected chi connectivity index (χ3v) is 4.43. The van der Waals surface area contributed by atoms with Crippen LogP contribution in [-0.2, 0) is 14.6 Å². The van der Waals surface area contributed by atoms with Crippen LogP contribution in [0.1, 0.15) is 18.4 Å². The first-order chi connectivity index (χ1) is 8.32. The van der Waals surface area contributed by atoms with Gasteiger partial charge in [0.15, 0.2) is 15.4 Å². The Kier molecular flexibility index (Phi) is 2.09. The minimum absolute atomic E-state index is 0.181. The Morgan fingerprint density at radius 3 is 2.56 bits per heavy atom. The monoisotopic (exact) mass is 267 g/mol. The molecule has 0 aromatic heterocycles. The van der Waals surface area contributed by atoms with Gasteiger partial charge in [0.2, 0.25) is 0 Å². The van der Waals surface area contributed by atoms with Crippen molar-refractivity contribution in [2.75, 3.05) is 11.6 Å². The second kappa shape index (κ2) is 3.26. The van der Waals surface area contributed by atoms with Crippen molar-refractivity contribution in [2.24, 2.45) is 0 Å². The molecule has 3 rings (SSSR count). The van der Waals surface area contributed by atoms with Crippen LogP contribution in [-0.4, -0.2) is 26.2 Å². The molecular weight excluding hydrogens is 254 g/mol. The van der Waals surface area contributed by atoms with Gasteiger partial charge in [0.1, 0.15) is 5.75 Å². The smallest absolute Gasteiger partial charge is 0.268 e. The van der Waals surface area contributed by atoms with E-state index in [9.17, 15) is 13.2 Å². The lowest BCUT2D eigenvalue weighted by molar-refractivity contribution is -0.125. The molecule has 1 spiro atoms. The van der Waals surface area contributed by atoms with Gasteiger partial charge in [-0.2, -0.15) is 0 Å². The number of hydrogen-bond donors (Lipinski definition) is 1. The Morgan fingerprint density at radius 2 is 2.00 bits per heavy atom. The number of fused-ring (bicyclic) bond motifs is 1. The van der Waals surface area contributed by atoms with Crippen molar-refractivity contribution in [3.63, 3.8) is 0 Å². The molecular formula is C12H13NO4S. The summed E-state index contributed by atoms with van der Waals surface area (Å²) in [6, 6.07) is 3.02. The molecule has 0 saturated heterocycles. The van der Waals surface area contributed by atoms with Gasteiger partial charge in [-0.1, -0.05) is 0 Å². The fourth-order valence-electron chi connectivity index (χ4n) is 2.10. The van der Waals surface area contributed by atoms with Crippen molar-refractivity contribution < 1.29 is 17.9 Å². The second-order valence-electron chi connectivity index (χ2n) is 4.94. The summed E-state index contributed by atoms with van der Waals surface area (Å²) < 4.78 is 28.8. The number of hydrogen-bond acceptors (Lipinski definition) is 4. The van der Waals surface area contributed by atoms with Crippen LogP contribution in [0.3, 0.4) is 0 Å². The maximum Gasteiger partial charge on any atom is 0.268 e. The fraction of sp³-hybridized carbons (Fsp3) is 0.417. The lowest BCUT2D eigenvalue weighted by Crippen LogP contribution is -2.39. The van der Waals surface area contributed by atoms with Gasteiger partial charge in [-0.25, -0.2) is 8.42 Å². The number of anilines is 1. The van der Waals surface area contributed by atoms with Crippen molar-refractivity contribution in [1.29, 1.82) is 0 Å². The van der Waals surface area contributed by atoms with E-state index >= 15 is 0 Å². The van der Waals surface area contributed by atoms with Crippen molar-refractivity contribution in [3.05, 3.63) is 17.7 Å². The molecule has 2 aliphatic rings. The number of nitrogens with one attached hydrogen (secondary N) is 1. The van der Waals surface area contributed by atoms with Crippen LogP contribution < -0.4 is 10.1 Å². The van der Waals surface area contributed by atoms with Gasteiger partial charge in [-0.3, -0.25) is 4.79 Å². The average molecular weight is 267 g/mol. The maximum absolute atomic E-state index is 11.8. The SMILES string of the molecule is Cc1cc(S(C)(=O)=O)cc2c1OC1(CC1)C(=O)N2. The number of rotatable bonds is 1. The predicted octanol–water partition coefficient (Wildman–Crippen LogP) is 1.26. The highest BCUT2D eigenvalue weighted by molar-refractivity contribution is 7.90. The summed E-state index contributed by atoms with van der Waals surface area (Å²) >= 11 is 0. The van der Waals surface area contributed by atoms with Gasteiger partial charge >= 0.3 is 0 Å². The predicted molar refractivity (Wildman–Crippen MR) is 65.5 cm³/mol. The summed E-state index contributed by atoms with van der Waals surface area (Å²) in [5, 5.41) is 2.74. The molecule has 0 radical (unpaired) electrons. The summed E-state index contributed by atoms with van der Waals surface area (Å²) in [5.74, 6) is 0.402. The quantitative estimate of drug-likeness (QED) is 0.831. The molecule has 5 nitrogen and oxygen atoms in total. The number of carbonyl (C=O) groups excluding carboxylic acids is 1. The van der Waals surface area contributed by atoms with Gasteiger partial charge in [-0.15, -0.1) is 0 Å². The second-order valence-corrected chi connectivity index (χ2v) is 6.96. The lowest BCUT2D eigenvalue weighted by Gasteiger charge is -2.27. The van der Waals surface area contributed by atoms with E-state index in [1.165, 1.54) is 6.07 Å². The molecule has 1 N–H and O–H groups in total. The molecule has 1 aliphatic carbocycles. The van der Waals surface area contributed by atoms with E-state index in [4.69, 9.17) is 4.74 Å². The average Bonchev–Trinajstić information content (AvgIpc) is 3.01. The van der Waals surface area contributed by atoms with Crippen LogP contribution in [0.5, 0.6) is 5.75 Å². The van der Waals surface area contributed by atoms with E-state index in [0.29, 0.717) is 24.3 Å². The Morgan fingerprint density at radius 1 is 1.33 bits per heavy atom. The number of aryl methyl sites for hydroxylation is 1. The molecule has 1 amide bonds. The Balaban J connectivity index is 2.14.